The van der Waals surface area contributed by atoms with Crippen molar-refractivity contribution in [2.75, 3.05) is 44.2 Å². The lowest BCUT2D eigenvalue weighted by Crippen LogP contribution is -2.54. The molecule has 1 aromatic carbocycles. The standard InChI is InChI=1S/C23H35N3O/c1-18-7-5-11-21(19(18)2)25-15-13-24(14-16-25)17-23(27)26-12-6-9-20-8-3-4-10-22(20)26/h5,7,11,20,22H,3-4,6,8-10,12-17H2,1-2H3/t20-,22+/m1/s1. The summed E-state index contributed by atoms with van der Waals surface area (Å²) in [6.07, 6.45) is 7.78. The fourth-order valence-corrected chi connectivity index (χ4v) is 5.44. The number of carbonyl (C=O) groups excluding carboxylic acids is 1. The minimum absolute atomic E-state index is 0.381. The summed E-state index contributed by atoms with van der Waals surface area (Å²) < 4.78 is 0. The minimum Gasteiger partial charge on any atom is -0.369 e. The van der Waals surface area contributed by atoms with Gasteiger partial charge >= 0.3 is 0 Å². The number of nitrogens with zero attached hydrogens (tertiary/aromatic N) is 3. The third-order valence-electron chi connectivity index (χ3n) is 7.21. The Bertz CT molecular complexity index is 664. The topological polar surface area (TPSA) is 26.8 Å². The zero-order valence-electron chi connectivity index (χ0n) is 17.1. The molecule has 1 amide bonds. The SMILES string of the molecule is Cc1cccc(N2CCN(CC(=O)N3CCC[C@H]4CCCC[C@@H]43)CC2)c1C. The van der Waals surface area contributed by atoms with Crippen LogP contribution in [0, 0.1) is 19.8 Å². The molecule has 27 heavy (non-hydrogen) atoms. The molecule has 0 N–H and O–H groups in total. The molecule has 2 aliphatic heterocycles. The molecule has 0 aromatic heterocycles. The molecule has 1 aromatic rings. The molecule has 0 spiro atoms. The summed E-state index contributed by atoms with van der Waals surface area (Å²) in [7, 11) is 0. The third-order valence-corrected chi connectivity index (χ3v) is 7.21. The Morgan fingerprint density at radius 2 is 1.70 bits per heavy atom. The molecule has 3 fully saturated rings. The fourth-order valence-electron chi connectivity index (χ4n) is 5.44. The molecule has 2 atom stereocenters. The van der Waals surface area contributed by atoms with Crippen LogP contribution in [0.25, 0.3) is 0 Å². The Hall–Kier alpha value is -1.55. The molecule has 2 heterocycles. The first-order chi connectivity index (χ1) is 13.1. The zero-order chi connectivity index (χ0) is 18.8. The second-order valence-electron chi connectivity index (χ2n) is 8.82. The number of aryl methyl sites for hydroxylation is 1. The van der Waals surface area contributed by atoms with Crippen molar-refractivity contribution >= 4 is 11.6 Å². The number of hydrogen-bond donors (Lipinski definition) is 0. The average molecular weight is 370 g/mol. The third kappa shape index (κ3) is 4.01. The smallest absolute Gasteiger partial charge is 0.237 e. The molecule has 2 saturated heterocycles. The number of piperazine rings is 1. The van der Waals surface area contributed by atoms with Gasteiger partial charge in [-0.15, -0.1) is 0 Å². The van der Waals surface area contributed by atoms with Crippen molar-refractivity contribution in [3.63, 3.8) is 0 Å². The molecule has 4 heteroatoms. The largest absolute Gasteiger partial charge is 0.369 e. The number of hydrogen-bond acceptors (Lipinski definition) is 3. The molecule has 148 valence electrons. The van der Waals surface area contributed by atoms with Crippen LogP contribution in [-0.2, 0) is 4.79 Å². The number of rotatable bonds is 3. The average Bonchev–Trinajstić information content (AvgIpc) is 2.70. The maximum absolute atomic E-state index is 13.0. The second-order valence-corrected chi connectivity index (χ2v) is 8.82. The number of carbonyl (C=O) groups is 1. The van der Waals surface area contributed by atoms with Crippen LogP contribution in [0.15, 0.2) is 18.2 Å². The lowest BCUT2D eigenvalue weighted by molar-refractivity contribution is -0.138. The molecule has 4 rings (SSSR count). The predicted molar refractivity (Wildman–Crippen MR) is 111 cm³/mol. The maximum atomic E-state index is 13.0. The highest BCUT2D eigenvalue weighted by Crippen LogP contribution is 2.35. The molecular weight excluding hydrogens is 334 g/mol. The van der Waals surface area contributed by atoms with E-state index in [1.54, 1.807) is 0 Å². The van der Waals surface area contributed by atoms with Crippen LogP contribution in [0.5, 0.6) is 0 Å². The van der Waals surface area contributed by atoms with Gasteiger partial charge in [0.15, 0.2) is 0 Å². The Kier molecular flexibility index (Phi) is 5.72. The van der Waals surface area contributed by atoms with Crippen LogP contribution < -0.4 is 4.90 Å². The first-order valence-electron chi connectivity index (χ1n) is 11.0. The Balaban J connectivity index is 1.32. The van der Waals surface area contributed by atoms with Gasteiger partial charge in [0.2, 0.25) is 5.91 Å². The summed E-state index contributed by atoms with van der Waals surface area (Å²) in [5.74, 6) is 1.16. The van der Waals surface area contributed by atoms with Gasteiger partial charge in [-0.3, -0.25) is 9.69 Å². The van der Waals surface area contributed by atoms with Crippen molar-refractivity contribution in [2.45, 2.75) is 58.4 Å². The van der Waals surface area contributed by atoms with Gasteiger partial charge < -0.3 is 9.80 Å². The summed E-state index contributed by atoms with van der Waals surface area (Å²) in [5, 5.41) is 0. The molecule has 0 bridgehead atoms. The highest BCUT2D eigenvalue weighted by molar-refractivity contribution is 5.79. The van der Waals surface area contributed by atoms with E-state index in [0.29, 0.717) is 18.5 Å². The lowest BCUT2D eigenvalue weighted by atomic mass is 9.78. The van der Waals surface area contributed by atoms with E-state index in [4.69, 9.17) is 0 Å². The van der Waals surface area contributed by atoms with E-state index >= 15 is 0 Å². The summed E-state index contributed by atoms with van der Waals surface area (Å²) in [6.45, 7) is 10.0. The Morgan fingerprint density at radius 1 is 0.963 bits per heavy atom. The van der Waals surface area contributed by atoms with Gasteiger partial charge in [-0.25, -0.2) is 0 Å². The number of fused-ring (bicyclic) bond motifs is 1. The van der Waals surface area contributed by atoms with Crippen LogP contribution in [-0.4, -0.2) is 61.0 Å². The van der Waals surface area contributed by atoms with Gasteiger partial charge in [-0.1, -0.05) is 25.0 Å². The number of likely N-dealkylation sites (tertiary alicyclic amines) is 1. The van der Waals surface area contributed by atoms with Crippen molar-refractivity contribution in [1.82, 2.24) is 9.80 Å². The van der Waals surface area contributed by atoms with Gasteiger partial charge in [0.1, 0.15) is 0 Å². The van der Waals surface area contributed by atoms with E-state index in [9.17, 15) is 4.79 Å². The van der Waals surface area contributed by atoms with E-state index in [1.165, 1.54) is 55.3 Å². The fraction of sp³-hybridized carbons (Fsp3) is 0.696. The second kappa shape index (κ2) is 8.22. The predicted octanol–water partition coefficient (Wildman–Crippen LogP) is 3.61. The normalized spacial score (nSPS) is 26.7. The zero-order valence-corrected chi connectivity index (χ0v) is 17.1. The van der Waals surface area contributed by atoms with Crippen LogP contribution in [0.3, 0.4) is 0 Å². The van der Waals surface area contributed by atoms with Crippen LogP contribution >= 0.6 is 0 Å². The van der Waals surface area contributed by atoms with E-state index in [-0.39, 0.29) is 0 Å². The van der Waals surface area contributed by atoms with Crippen LogP contribution in [0.1, 0.15) is 49.7 Å². The van der Waals surface area contributed by atoms with Crippen molar-refractivity contribution in [3.05, 3.63) is 29.3 Å². The van der Waals surface area contributed by atoms with Crippen molar-refractivity contribution in [1.29, 1.82) is 0 Å². The van der Waals surface area contributed by atoms with Crippen molar-refractivity contribution < 1.29 is 4.79 Å². The molecule has 0 radical (unpaired) electrons. The number of benzene rings is 1. The van der Waals surface area contributed by atoms with E-state index in [2.05, 4.69) is 46.7 Å². The van der Waals surface area contributed by atoms with Crippen LogP contribution in [0.4, 0.5) is 5.69 Å². The van der Waals surface area contributed by atoms with Gasteiger partial charge in [0.05, 0.1) is 6.54 Å². The molecule has 1 saturated carbocycles. The highest BCUT2D eigenvalue weighted by atomic mass is 16.2. The van der Waals surface area contributed by atoms with Crippen LogP contribution in [0.2, 0.25) is 0 Å². The lowest BCUT2D eigenvalue weighted by Gasteiger charge is -2.45. The summed E-state index contributed by atoms with van der Waals surface area (Å²) >= 11 is 0. The maximum Gasteiger partial charge on any atom is 0.237 e. The van der Waals surface area contributed by atoms with E-state index in [1.807, 2.05) is 0 Å². The monoisotopic (exact) mass is 369 g/mol. The van der Waals surface area contributed by atoms with Gasteiger partial charge in [0.25, 0.3) is 0 Å². The van der Waals surface area contributed by atoms with E-state index in [0.717, 1.165) is 38.6 Å². The number of anilines is 1. The molecule has 0 unspecified atom stereocenters. The number of piperidine rings is 1. The molecular formula is C23H35N3O. The first-order valence-corrected chi connectivity index (χ1v) is 11.0. The Morgan fingerprint density at radius 3 is 2.52 bits per heavy atom. The summed E-state index contributed by atoms with van der Waals surface area (Å²) in [6, 6.07) is 7.12. The first kappa shape index (κ1) is 18.8. The molecule has 3 aliphatic rings. The summed E-state index contributed by atoms with van der Waals surface area (Å²) in [5.41, 5.74) is 4.11. The minimum atomic E-state index is 0.381. The summed E-state index contributed by atoms with van der Waals surface area (Å²) in [4.78, 5) is 20.2. The van der Waals surface area contributed by atoms with Gasteiger partial charge in [0, 0.05) is 44.5 Å². The van der Waals surface area contributed by atoms with Crippen molar-refractivity contribution in [3.8, 4) is 0 Å². The van der Waals surface area contributed by atoms with Gasteiger partial charge in [-0.2, -0.15) is 0 Å². The Labute approximate surface area is 164 Å². The quantitative estimate of drug-likeness (QED) is 0.814. The molecule has 4 nitrogen and oxygen atoms in total. The van der Waals surface area contributed by atoms with Crippen molar-refractivity contribution in [2.24, 2.45) is 5.92 Å². The molecule has 1 aliphatic carbocycles. The highest BCUT2D eigenvalue weighted by Gasteiger charge is 2.36. The number of amides is 1. The van der Waals surface area contributed by atoms with E-state index < -0.39 is 0 Å². The van der Waals surface area contributed by atoms with Gasteiger partial charge in [-0.05, 0) is 62.6 Å².